The van der Waals surface area contributed by atoms with E-state index in [1.807, 2.05) is 92.7 Å². The Morgan fingerprint density at radius 3 is 2.31 bits per heavy atom. The van der Waals surface area contributed by atoms with Gasteiger partial charge in [-0.1, -0.05) is 78.7 Å². The Balaban J connectivity index is 1.76. The highest BCUT2D eigenvalue weighted by Gasteiger charge is 2.29. The van der Waals surface area contributed by atoms with Crippen LogP contribution in [0.1, 0.15) is 42.9 Å². The van der Waals surface area contributed by atoms with Crippen LogP contribution in [0.25, 0.3) is 0 Å². The molecule has 1 atom stereocenters. The monoisotopic (exact) mass is 522 g/mol. The number of hydrogen-bond acceptors (Lipinski definition) is 3. The number of aryl methyl sites for hydroxylation is 1. The molecule has 0 fully saturated rings. The first-order valence-electron chi connectivity index (χ1n) is 12.5. The molecule has 0 radical (unpaired) electrons. The van der Waals surface area contributed by atoms with Crippen molar-refractivity contribution in [3.8, 4) is 0 Å². The molecule has 6 heteroatoms. The summed E-state index contributed by atoms with van der Waals surface area (Å²) in [6.07, 6.45) is 2.44. The lowest BCUT2D eigenvalue weighted by Crippen LogP contribution is -2.50. The van der Waals surface area contributed by atoms with Gasteiger partial charge in [-0.05, 0) is 60.9 Å². The van der Waals surface area contributed by atoms with Crippen LogP contribution >= 0.6 is 23.4 Å². The van der Waals surface area contributed by atoms with Crippen LogP contribution < -0.4 is 5.32 Å². The summed E-state index contributed by atoms with van der Waals surface area (Å²) in [6, 6.07) is 25.3. The average molecular weight is 523 g/mol. The van der Waals surface area contributed by atoms with Crippen molar-refractivity contribution in [1.82, 2.24) is 10.2 Å². The zero-order valence-corrected chi connectivity index (χ0v) is 22.7. The van der Waals surface area contributed by atoms with Crippen LogP contribution in [-0.2, 0) is 22.6 Å². The summed E-state index contributed by atoms with van der Waals surface area (Å²) in [6.45, 7) is 5.07. The van der Waals surface area contributed by atoms with E-state index in [0.29, 0.717) is 31.0 Å². The van der Waals surface area contributed by atoms with Crippen molar-refractivity contribution >= 4 is 35.2 Å². The number of halogens is 1. The number of carbonyl (C=O) groups excluding carboxylic acids is 2. The molecule has 1 unspecified atom stereocenters. The van der Waals surface area contributed by atoms with E-state index in [0.717, 1.165) is 40.2 Å². The third-order valence-electron chi connectivity index (χ3n) is 5.91. The number of rotatable bonds is 13. The molecular formula is C30H35ClN2O2S. The zero-order chi connectivity index (χ0) is 25.8. The smallest absolute Gasteiger partial charge is 0.243 e. The number of hydrogen-bond donors (Lipinski definition) is 1. The second-order valence-corrected chi connectivity index (χ2v) is 10.5. The molecule has 0 bridgehead atoms. The summed E-state index contributed by atoms with van der Waals surface area (Å²) in [5, 5.41) is 3.74. The number of thioether (sulfide) groups is 1. The van der Waals surface area contributed by atoms with Gasteiger partial charge in [-0.25, -0.2) is 0 Å². The Morgan fingerprint density at radius 2 is 1.64 bits per heavy atom. The lowest BCUT2D eigenvalue weighted by atomic mass is 10.0. The highest BCUT2D eigenvalue weighted by molar-refractivity contribution is 7.99. The molecule has 4 nitrogen and oxygen atoms in total. The molecule has 0 saturated carbocycles. The first-order chi connectivity index (χ1) is 17.5. The van der Waals surface area contributed by atoms with E-state index in [-0.39, 0.29) is 11.8 Å². The van der Waals surface area contributed by atoms with Crippen LogP contribution in [0.15, 0.2) is 83.8 Å². The van der Waals surface area contributed by atoms with Gasteiger partial charge in [0.15, 0.2) is 0 Å². The van der Waals surface area contributed by atoms with Crippen LogP contribution in [0.5, 0.6) is 0 Å². The summed E-state index contributed by atoms with van der Waals surface area (Å²) in [7, 11) is 0. The molecule has 3 rings (SSSR count). The van der Waals surface area contributed by atoms with Gasteiger partial charge in [-0.2, -0.15) is 0 Å². The van der Waals surface area contributed by atoms with E-state index in [2.05, 4.69) is 5.32 Å². The maximum atomic E-state index is 13.6. The molecule has 3 aromatic carbocycles. The van der Waals surface area contributed by atoms with Crippen molar-refractivity contribution in [2.75, 3.05) is 12.3 Å². The Labute approximate surface area is 224 Å². The minimum absolute atomic E-state index is 0.000129. The lowest BCUT2D eigenvalue weighted by molar-refractivity contribution is -0.141. The largest absolute Gasteiger partial charge is 0.354 e. The predicted octanol–water partition coefficient (Wildman–Crippen LogP) is 6.69. The second-order valence-electron chi connectivity index (χ2n) is 8.91. The van der Waals surface area contributed by atoms with Gasteiger partial charge < -0.3 is 10.2 Å². The van der Waals surface area contributed by atoms with Crippen LogP contribution in [0.2, 0.25) is 5.02 Å². The number of amides is 2. The maximum Gasteiger partial charge on any atom is 0.243 e. The molecule has 0 aromatic heterocycles. The Hall–Kier alpha value is -2.76. The molecule has 0 heterocycles. The SMILES string of the molecule is CCCNC(=O)C(Cc1ccccc1)N(Cc1ccc(C)cc1)C(=O)CCCSc1ccc(Cl)cc1. The molecule has 0 saturated heterocycles. The Kier molecular flexibility index (Phi) is 11.4. The number of benzene rings is 3. The number of nitrogens with zero attached hydrogens (tertiary/aromatic N) is 1. The number of carbonyl (C=O) groups is 2. The molecule has 0 spiro atoms. The van der Waals surface area contributed by atoms with Gasteiger partial charge in [0.2, 0.25) is 11.8 Å². The van der Waals surface area contributed by atoms with Gasteiger partial charge >= 0.3 is 0 Å². The van der Waals surface area contributed by atoms with Crippen molar-refractivity contribution in [2.45, 2.75) is 57.0 Å². The van der Waals surface area contributed by atoms with Gasteiger partial charge in [-0.15, -0.1) is 11.8 Å². The van der Waals surface area contributed by atoms with Crippen molar-refractivity contribution in [3.63, 3.8) is 0 Å². The third kappa shape index (κ3) is 9.03. The molecule has 1 N–H and O–H groups in total. The van der Waals surface area contributed by atoms with E-state index >= 15 is 0 Å². The molecule has 0 aliphatic heterocycles. The van der Waals surface area contributed by atoms with Gasteiger partial charge in [0.05, 0.1) is 0 Å². The standard InChI is InChI=1S/C30H35ClN2O2S/c1-3-19-32-30(35)28(21-24-8-5-4-6-9-24)33(22-25-13-11-23(2)12-14-25)29(34)10-7-20-36-27-17-15-26(31)16-18-27/h4-6,8-9,11-18,28H,3,7,10,19-22H2,1-2H3,(H,32,35). The van der Waals surface area contributed by atoms with Gasteiger partial charge in [-0.3, -0.25) is 9.59 Å². The van der Waals surface area contributed by atoms with E-state index in [1.54, 1.807) is 16.7 Å². The van der Waals surface area contributed by atoms with Crippen LogP contribution in [0.3, 0.4) is 0 Å². The third-order valence-corrected chi connectivity index (χ3v) is 7.26. The lowest BCUT2D eigenvalue weighted by Gasteiger charge is -2.31. The molecule has 0 aliphatic carbocycles. The maximum absolute atomic E-state index is 13.6. The fourth-order valence-electron chi connectivity index (χ4n) is 3.90. The van der Waals surface area contributed by atoms with Crippen LogP contribution in [0.4, 0.5) is 0 Å². The minimum atomic E-state index is -0.573. The molecule has 190 valence electrons. The predicted molar refractivity (Wildman–Crippen MR) is 150 cm³/mol. The second kappa shape index (κ2) is 14.7. The van der Waals surface area contributed by atoms with E-state index in [1.165, 1.54) is 0 Å². The quantitative estimate of drug-likeness (QED) is 0.201. The highest BCUT2D eigenvalue weighted by atomic mass is 35.5. The summed E-state index contributed by atoms with van der Waals surface area (Å²) < 4.78 is 0. The summed E-state index contributed by atoms with van der Waals surface area (Å²) in [5.41, 5.74) is 3.22. The van der Waals surface area contributed by atoms with Crippen LogP contribution in [0, 0.1) is 6.92 Å². The molecule has 0 aliphatic rings. The number of nitrogens with one attached hydrogen (secondary N) is 1. The van der Waals surface area contributed by atoms with Crippen molar-refractivity contribution < 1.29 is 9.59 Å². The highest BCUT2D eigenvalue weighted by Crippen LogP contribution is 2.22. The summed E-state index contributed by atoms with van der Waals surface area (Å²) in [4.78, 5) is 29.8. The van der Waals surface area contributed by atoms with E-state index in [9.17, 15) is 9.59 Å². The molecule has 3 aromatic rings. The minimum Gasteiger partial charge on any atom is -0.354 e. The van der Waals surface area contributed by atoms with Gasteiger partial charge in [0.25, 0.3) is 0 Å². The topological polar surface area (TPSA) is 49.4 Å². The first-order valence-corrected chi connectivity index (χ1v) is 13.9. The molecular weight excluding hydrogens is 488 g/mol. The summed E-state index contributed by atoms with van der Waals surface area (Å²) in [5.74, 6) is 0.716. The normalized spacial score (nSPS) is 11.6. The Bertz CT molecular complexity index is 1090. The summed E-state index contributed by atoms with van der Waals surface area (Å²) >= 11 is 7.69. The van der Waals surface area contributed by atoms with Crippen molar-refractivity contribution in [1.29, 1.82) is 0 Å². The molecule has 36 heavy (non-hydrogen) atoms. The first kappa shape index (κ1) is 27.8. The Morgan fingerprint density at radius 1 is 0.944 bits per heavy atom. The fraction of sp³-hybridized carbons (Fsp3) is 0.333. The van der Waals surface area contributed by atoms with Gasteiger partial charge in [0.1, 0.15) is 6.04 Å². The van der Waals surface area contributed by atoms with Crippen molar-refractivity contribution in [2.24, 2.45) is 0 Å². The fourth-order valence-corrected chi connectivity index (χ4v) is 4.88. The molecule has 2 amide bonds. The van der Waals surface area contributed by atoms with Gasteiger partial charge in [0, 0.05) is 35.8 Å². The van der Waals surface area contributed by atoms with Crippen molar-refractivity contribution in [3.05, 3.63) is 101 Å². The van der Waals surface area contributed by atoms with E-state index < -0.39 is 6.04 Å². The zero-order valence-electron chi connectivity index (χ0n) is 21.1. The van der Waals surface area contributed by atoms with Crippen LogP contribution in [-0.4, -0.2) is 35.1 Å². The average Bonchev–Trinajstić information content (AvgIpc) is 2.89. The van der Waals surface area contributed by atoms with E-state index in [4.69, 9.17) is 11.6 Å².